The van der Waals surface area contributed by atoms with Crippen molar-refractivity contribution in [2.75, 3.05) is 43.9 Å². The molecule has 0 radical (unpaired) electrons. The number of anilines is 2. The average Bonchev–Trinajstić information content (AvgIpc) is 2.75. The molecule has 1 heterocycles. The minimum Gasteiger partial charge on any atom is -0.497 e. The fraction of sp³-hybridized carbons (Fsp3) is 0.348. The molecule has 0 spiro atoms. The third-order valence-corrected chi connectivity index (χ3v) is 5.23. The summed E-state index contributed by atoms with van der Waals surface area (Å²) in [5, 5.41) is 5.58. The highest BCUT2D eigenvalue weighted by molar-refractivity contribution is 5.99. The third kappa shape index (κ3) is 5.82. The van der Waals surface area contributed by atoms with Gasteiger partial charge in [0.2, 0.25) is 17.7 Å². The molecule has 3 rings (SSSR count). The molecule has 1 aliphatic heterocycles. The van der Waals surface area contributed by atoms with Crippen molar-refractivity contribution in [2.24, 2.45) is 0 Å². The molecule has 0 aromatic heterocycles. The van der Waals surface area contributed by atoms with Crippen molar-refractivity contribution in [3.8, 4) is 5.75 Å². The highest BCUT2D eigenvalue weighted by Crippen LogP contribution is 2.28. The van der Waals surface area contributed by atoms with Gasteiger partial charge in [-0.3, -0.25) is 19.3 Å². The van der Waals surface area contributed by atoms with Crippen molar-refractivity contribution < 1.29 is 19.1 Å². The van der Waals surface area contributed by atoms with Crippen molar-refractivity contribution in [1.29, 1.82) is 0 Å². The molecule has 8 heteroatoms. The molecule has 1 aliphatic rings. The van der Waals surface area contributed by atoms with E-state index >= 15 is 0 Å². The number of amides is 3. The Morgan fingerprint density at radius 2 is 1.74 bits per heavy atom. The van der Waals surface area contributed by atoms with Crippen LogP contribution in [0.3, 0.4) is 0 Å². The largest absolute Gasteiger partial charge is 0.497 e. The molecule has 0 bridgehead atoms. The Labute approximate surface area is 182 Å². The molecule has 1 fully saturated rings. The van der Waals surface area contributed by atoms with Crippen LogP contribution in [0.25, 0.3) is 0 Å². The van der Waals surface area contributed by atoms with Crippen molar-refractivity contribution in [2.45, 2.75) is 19.9 Å². The first-order valence-electron chi connectivity index (χ1n) is 10.2. The van der Waals surface area contributed by atoms with Gasteiger partial charge in [0.1, 0.15) is 5.75 Å². The summed E-state index contributed by atoms with van der Waals surface area (Å²) in [6, 6.07) is 14.8. The second-order valence-electron chi connectivity index (χ2n) is 7.51. The lowest BCUT2D eigenvalue weighted by Gasteiger charge is -2.41. The number of ether oxygens (including phenoxy) is 1. The van der Waals surface area contributed by atoms with Gasteiger partial charge >= 0.3 is 0 Å². The van der Waals surface area contributed by atoms with Gasteiger partial charge in [0.25, 0.3) is 0 Å². The van der Waals surface area contributed by atoms with Crippen LogP contribution in [0.1, 0.15) is 25.5 Å². The number of benzene rings is 2. The van der Waals surface area contributed by atoms with Crippen LogP contribution in [0.2, 0.25) is 0 Å². The average molecular weight is 425 g/mol. The van der Waals surface area contributed by atoms with E-state index in [0.29, 0.717) is 36.8 Å². The lowest BCUT2D eigenvalue weighted by molar-refractivity contribution is -0.134. The van der Waals surface area contributed by atoms with Crippen LogP contribution < -0.4 is 15.4 Å². The predicted octanol–water partition coefficient (Wildman–Crippen LogP) is 2.50. The van der Waals surface area contributed by atoms with Gasteiger partial charge in [0, 0.05) is 39.5 Å². The Balaban J connectivity index is 1.71. The molecule has 3 amide bonds. The normalized spacial score (nSPS) is 16.5. The maximum atomic E-state index is 12.8. The molecule has 1 atom stereocenters. The van der Waals surface area contributed by atoms with E-state index in [1.54, 1.807) is 25.1 Å². The Kier molecular flexibility index (Phi) is 7.25. The van der Waals surface area contributed by atoms with Gasteiger partial charge in [-0.2, -0.15) is 0 Å². The lowest BCUT2D eigenvalue weighted by Crippen LogP contribution is -2.51. The topological polar surface area (TPSA) is 91.0 Å². The van der Waals surface area contributed by atoms with Gasteiger partial charge in [-0.05, 0) is 17.7 Å². The zero-order valence-corrected chi connectivity index (χ0v) is 18.1. The summed E-state index contributed by atoms with van der Waals surface area (Å²) in [5.74, 6) is 0.160. The third-order valence-electron chi connectivity index (χ3n) is 5.23. The van der Waals surface area contributed by atoms with E-state index in [-0.39, 0.29) is 30.3 Å². The van der Waals surface area contributed by atoms with Crippen molar-refractivity contribution in [3.63, 3.8) is 0 Å². The fourth-order valence-electron chi connectivity index (χ4n) is 3.77. The van der Waals surface area contributed by atoms with E-state index in [9.17, 15) is 14.4 Å². The number of carbonyl (C=O) groups excluding carboxylic acids is 3. The summed E-state index contributed by atoms with van der Waals surface area (Å²) in [6.07, 6.45) is 0. The van der Waals surface area contributed by atoms with Gasteiger partial charge in [-0.1, -0.05) is 30.3 Å². The molecule has 8 nitrogen and oxygen atoms in total. The van der Waals surface area contributed by atoms with Crippen molar-refractivity contribution in [3.05, 3.63) is 54.1 Å². The molecule has 0 saturated carbocycles. The van der Waals surface area contributed by atoms with Crippen LogP contribution in [-0.4, -0.2) is 60.8 Å². The van der Waals surface area contributed by atoms with E-state index in [2.05, 4.69) is 10.6 Å². The van der Waals surface area contributed by atoms with Crippen LogP contribution in [0.5, 0.6) is 5.75 Å². The summed E-state index contributed by atoms with van der Waals surface area (Å²) < 4.78 is 5.23. The van der Waals surface area contributed by atoms with Gasteiger partial charge in [-0.15, -0.1) is 0 Å². The number of hydrogen-bond donors (Lipinski definition) is 2. The van der Waals surface area contributed by atoms with E-state index in [0.717, 1.165) is 5.56 Å². The second kappa shape index (κ2) is 10.1. The van der Waals surface area contributed by atoms with E-state index in [4.69, 9.17) is 4.74 Å². The van der Waals surface area contributed by atoms with Crippen molar-refractivity contribution in [1.82, 2.24) is 9.80 Å². The second-order valence-corrected chi connectivity index (χ2v) is 7.51. The first kappa shape index (κ1) is 22.3. The SMILES string of the molecule is COc1ccc(NC(C)=O)c(NC(=O)CN2CCN(C(C)=O)[C@H](c3ccccc3)C2)c1. The summed E-state index contributed by atoms with van der Waals surface area (Å²) in [6.45, 7) is 4.88. The molecule has 164 valence electrons. The number of methoxy groups -OCH3 is 1. The zero-order valence-electron chi connectivity index (χ0n) is 18.1. The smallest absolute Gasteiger partial charge is 0.238 e. The van der Waals surface area contributed by atoms with Crippen LogP contribution in [0.15, 0.2) is 48.5 Å². The van der Waals surface area contributed by atoms with Crippen LogP contribution in [-0.2, 0) is 14.4 Å². The highest BCUT2D eigenvalue weighted by Gasteiger charge is 2.30. The van der Waals surface area contributed by atoms with E-state index in [1.807, 2.05) is 40.1 Å². The van der Waals surface area contributed by atoms with E-state index < -0.39 is 0 Å². The maximum absolute atomic E-state index is 12.8. The highest BCUT2D eigenvalue weighted by atomic mass is 16.5. The molecule has 2 aromatic rings. The molecular weight excluding hydrogens is 396 g/mol. The molecule has 1 saturated heterocycles. The molecule has 2 aromatic carbocycles. The first-order chi connectivity index (χ1) is 14.9. The zero-order chi connectivity index (χ0) is 22.4. The monoisotopic (exact) mass is 424 g/mol. The summed E-state index contributed by atoms with van der Waals surface area (Å²) in [5.41, 5.74) is 2.02. The first-order valence-corrected chi connectivity index (χ1v) is 10.2. The molecule has 2 N–H and O–H groups in total. The number of carbonyl (C=O) groups is 3. The van der Waals surface area contributed by atoms with Crippen LogP contribution in [0, 0.1) is 0 Å². The summed E-state index contributed by atoms with van der Waals surface area (Å²) in [7, 11) is 1.54. The summed E-state index contributed by atoms with van der Waals surface area (Å²) >= 11 is 0. The standard InChI is InChI=1S/C23H28N4O4/c1-16(28)24-20-10-9-19(31-3)13-21(20)25-23(30)15-26-11-12-27(17(2)29)22(14-26)18-7-5-4-6-8-18/h4-10,13,22H,11-12,14-15H2,1-3H3,(H,24,28)(H,25,30)/t22-/m0/s1. The molecular formula is C23H28N4O4. The van der Waals surface area contributed by atoms with Gasteiger partial charge in [-0.25, -0.2) is 0 Å². The molecule has 0 unspecified atom stereocenters. The number of nitrogens with zero attached hydrogens (tertiary/aromatic N) is 2. The molecule has 0 aliphatic carbocycles. The Hall–Kier alpha value is -3.39. The minimum atomic E-state index is -0.230. The lowest BCUT2D eigenvalue weighted by atomic mass is 10.0. The van der Waals surface area contributed by atoms with Crippen LogP contribution in [0.4, 0.5) is 11.4 Å². The fourth-order valence-corrected chi connectivity index (χ4v) is 3.77. The van der Waals surface area contributed by atoms with Crippen LogP contribution >= 0.6 is 0 Å². The predicted molar refractivity (Wildman–Crippen MR) is 119 cm³/mol. The van der Waals surface area contributed by atoms with Gasteiger partial charge in [0.05, 0.1) is 31.1 Å². The van der Waals surface area contributed by atoms with Gasteiger partial charge in [0.15, 0.2) is 0 Å². The Morgan fingerprint density at radius 3 is 2.39 bits per heavy atom. The Morgan fingerprint density at radius 1 is 1.00 bits per heavy atom. The summed E-state index contributed by atoms with van der Waals surface area (Å²) in [4.78, 5) is 40.3. The number of piperazine rings is 1. The van der Waals surface area contributed by atoms with E-state index in [1.165, 1.54) is 14.0 Å². The molecule has 31 heavy (non-hydrogen) atoms. The number of nitrogens with one attached hydrogen (secondary N) is 2. The quantitative estimate of drug-likeness (QED) is 0.744. The minimum absolute atomic E-state index is 0.0225. The number of hydrogen-bond acceptors (Lipinski definition) is 5. The van der Waals surface area contributed by atoms with Crippen molar-refractivity contribution >= 4 is 29.1 Å². The Bertz CT molecular complexity index is 948. The maximum Gasteiger partial charge on any atom is 0.238 e. The number of rotatable bonds is 6. The van der Waals surface area contributed by atoms with Gasteiger partial charge < -0.3 is 20.3 Å².